The van der Waals surface area contributed by atoms with E-state index in [9.17, 15) is 9.59 Å². The van der Waals surface area contributed by atoms with Gasteiger partial charge in [-0.3, -0.25) is 10.0 Å². The van der Waals surface area contributed by atoms with Crippen LogP contribution in [-0.2, 0) is 13.0 Å². The summed E-state index contributed by atoms with van der Waals surface area (Å²) in [6.07, 6.45) is 0.874. The van der Waals surface area contributed by atoms with Crippen LogP contribution in [0, 0.1) is 0 Å². The van der Waals surface area contributed by atoms with Gasteiger partial charge in [0.15, 0.2) is 0 Å². The number of thioether (sulfide) groups is 1. The van der Waals surface area contributed by atoms with Crippen LogP contribution in [-0.4, -0.2) is 41.1 Å². The first-order valence-electron chi connectivity index (χ1n) is 8.60. The van der Waals surface area contributed by atoms with Gasteiger partial charge in [-0.05, 0) is 53.6 Å². The maximum absolute atomic E-state index is 12.3. The molecule has 3 N–H and O–H groups in total. The van der Waals surface area contributed by atoms with Crippen molar-refractivity contribution in [1.82, 2.24) is 15.7 Å². The number of hydrogen-bond donors (Lipinski definition) is 3. The third-order valence-electron chi connectivity index (χ3n) is 4.19. The molecule has 0 fully saturated rings. The van der Waals surface area contributed by atoms with Crippen molar-refractivity contribution in [2.75, 3.05) is 19.7 Å². The lowest BCUT2D eigenvalue weighted by atomic mass is 10.0. The molecule has 1 aliphatic heterocycles. The molecule has 3 amide bonds. The molecule has 27 heavy (non-hydrogen) atoms. The van der Waals surface area contributed by atoms with Gasteiger partial charge < -0.3 is 15.0 Å². The zero-order valence-electron chi connectivity index (χ0n) is 14.7. The number of carbonyl (C=O) groups excluding carboxylic acids is 2. The lowest BCUT2D eigenvalue weighted by molar-refractivity contribution is 0.180. The number of fused-ring (bicyclic) bond motifs is 1. The summed E-state index contributed by atoms with van der Waals surface area (Å²) in [5.74, 6) is 0.643. The van der Waals surface area contributed by atoms with E-state index in [0.717, 1.165) is 18.2 Å². The molecule has 2 aromatic rings. The van der Waals surface area contributed by atoms with Gasteiger partial charge in [-0.2, -0.15) is 0 Å². The third-order valence-corrected chi connectivity index (χ3v) is 4.97. The number of benzene rings is 2. The molecule has 0 aromatic heterocycles. The van der Waals surface area contributed by atoms with E-state index < -0.39 is 5.24 Å². The highest BCUT2D eigenvalue weighted by Gasteiger charge is 2.19. The Hall–Kier alpha value is -2.71. The van der Waals surface area contributed by atoms with Gasteiger partial charge in [0.25, 0.3) is 0 Å². The third kappa shape index (κ3) is 5.38. The normalized spacial score (nSPS) is 12.9. The lowest BCUT2D eigenvalue weighted by Crippen LogP contribution is -2.43. The number of rotatable bonds is 5. The molecule has 0 spiro atoms. The Balaban J connectivity index is 1.39. The van der Waals surface area contributed by atoms with Crippen molar-refractivity contribution in [3.8, 4) is 5.75 Å². The fourth-order valence-corrected chi connectivity index (χ4v) is 3.37. The number of nitrogens with zero attached hydrogens (tertiary/aromatic N) is 1. The monoisotopic (exact) mass is 387 g/mol. The highest BCUT2D eigenvalue weighted by Crippen LogP contribution is 2.22. The maximum Gasteiger partial charge on any atom is 0.317 e. The number of ether oxygens (including phenoxy) is 1. The van der Waals surface area contributed by atoms with E-state index in [1.165, 1.54) is 11.1 Å². The summed E-state index contributed by atoms with van der Waals surface area (Å²) in [5, 5.41) is 10.8. The highest BCUT2D eigenvalue weighted by molar-refractivity contribution is 8.13. The molecular weight excluding hydrogens is 366 g/mol. The molecule has 0 atom stereocenters. The van der Waals surface area contributed by atoms with Crippen LogP contribution in [0.15, 0.2) is 53.4 Å². The number of nitrogens with one attached hydrogen (secondary N) is 2. The van der Waals surface area contributed by atoms with Crippen molar-refractivity contribution in [3.63, 3.8) is 0 Å². The Kier molecular flexibility index (Phi) is 6.56. The van der Waals surface area contributed by atoms with Crippen LogP contribution in [0.25, 0.3) is 0 Å². The van der Waals surface area contributed by atoms with Crippen LogP contribution in [0.5, 0.6) is 5.75 Å². The largest absolute Gasteiger partial charge is 0.492 e. The number of carbonyl (C=O) groups is 2. The molecule has 2 aromatic carbocycles. The van der Waals surface area contributed by atoms with E-state index in [4.69, 9.17) is 9.94 Å². The van der Waals surface area contributed by atoms with Crippen molar-refractivity contribution in [1.29, 1.82) is 0 Å². The van der Waals surface area contributed by atoms with E-state index in [1.54, 1.807) is 34.6 Å². The van der Waals surface area contributed by atoms with Crippen LogP contribution < -0.4 is 15.5 Å². The Bertz CT molecular complexity index is 798. The molecule has 3 rings (SSSR count). The highest BCUT2D eigenvalue weighted by atomic mass is 32.2. The van der Waals surface area contributed by atoms with Crippen LogP contribution in [0.2, 0.25) is 0 Å². The summed E-state index contributed by atoms with van der Waals surface area (Å²) >= 11 is 0.877. The zero-order valence-corrected chi connectivity index (χ0v) is 15.5. The first-order chi connectivity index (χ1) is 13.2. The standard InChI is InChI=1S/C19H21N3O4S/c23-18(22-11-9-14-3-1-2-4-15(14)13-22)20-10-12-26-16-5-7-17(8-6-16)27-19(24)21-25/h1-8,25H,9-13H2,(H,20,23)(H,21,24). The minimum Gasteiger partial charge on any atom is -0.492 e. The first kappa shape index (κ1) is 19.1. The summed E-state index contributed by atoms with van der Waals surface area (Å²) in [6.45, 7) is 2.09. The predicted molar refractivity (Wildman–Crippen MR) is 102 cm³/mol. The van der Waals surface area contributed by atoms with Gasteiger partial charge in [-0.1, -0.05) is 24.3 Å². The number of hydrogen-bond acceptors (Lipinski definition) is 5. The summed E-state index contributed by atoms with van der Waals surface area (Å²) in [4.78, 5) is 25.9. The van der Waals surface area contributed by atoms with E-state index in [-0.39, 0.29) is 6.03 Å². The van der Waals surface area contributed by atoms with Gasteiger partial charge in [0.05, 0.1) is 6.54 Å². The van der Waals surface area contributed by atoms with Gasteiger partial charge in [-0.25, -0.2) is 10.3 Å². The van der Waals surface area contributed by atoms with Crippen molar-refractivity contribution >= 4 is 23.0 Å². The first-order valence-corrected chi connectivity index (χ1v) is 9.41. The summed E-state index contributed by atoms with van der Waals surface area (Å²) < 4.78 is 5.59. The van der Waals surface area contributed by atoms with Crippen LogP contribution in [0.4, 0.5) is 9.59 Å². The maximum atomic E-state index is 12.3. The van der Waals surface area contributed by atoms with Crippen molar-refractivity contribution in [2.24, 2.45) is 0 Å². The fourth-order valence-electron chi connectivity index (χ4n) is 2.84. The summed E-state index contributed by atoms with van der Waals surface area (Å²) in [5.41, 5.74) is 4.07. The SMILES string of the molecule is O=C(NO)Sc1ccc(OCCNC(=O)N2CCc3ccccc3C2)cc1. The molecule has 0 bridgehead atoms. The molecule has 1 heterocycles. The molecule has 0 saturated carbocycles. The minimum atomic E-state index is -0.549. The van der Waals surface area contributed by atoms with Crippen molar-refractivity contribution < 1.29 is 19.5 Å². The number of hydroxylamine groups is 1. The molecule has 7 nitrogen and oxygen atoms in total. The minimum absolute atomic E-state index is 0.0881. The Morgan fingerprint density at radius 3 is 2.59 bits per heavy atom. The van der Waals surface area contributed by atoms with Gasteiger partial charge in [-0.15, -0.1) is 0 Å². The number of urea groups is 1. The second-order valence-electron chi connectivity index (χ2n) is 5.99. The van der Waals surface area contributed by atoms with E-state index in [1.807, 2.05) is 12.1 Å². The molecule has 0 radical (unpaired) electrons. The van der Waals surface area contributed by atoms with Crippen LogP contribution in [0.3, 0.4) is 0 Å². The van der Waals surface area contributed by atoms with Crippen LogP contribution >= 0.6 is 11.8 Å². The lowest BCUT2D eigenvalue weighted by Gasteiger charge is -2.28. The Labute approximate surface area is 161 Å². The zero-order chi connectivity index (χ0) is 19.1. The van der Waals surface area contributed by atoms with Gasteiger partial charge in [0.1, 0.15) is 12.4 Å². The fraction of sp³-hybridized carbons (Fsp3) is 0.263. The quantitative estimate of drug-likeness (QED) is 0.318. The summed E-state index contributed by atoms with van der Waals surface area (Å²) in [7, 11) is 0. The molecule has 0 unspecified atom stereocenters. The average Bonchev–Trinajstić information content (AvgIpc) is 2.71. The Morgan fingerprint density at radius 2 is 1.85 bits per heavy atom. The molecule has 0 aliphatic carbocycles. The van der Waals surface area contributed by atoms with Crippen LogP contribution in [0.1, 0.15) is 11.1 Å². The summed E-state index contributed by atoms with van der Waals surface area (Å²) in [6, 6.07) is 15.0. The molecular formula is C19H21N3O4S. The van der Waals surface area contributed by atoms with Gasteiger partial charge in [0, 0.05) is 18.0 Å². The van der Waals surface area contributed by atoms with Gasteiger partial charge in [0.2, 0.25) is 0 Å². The second kappa shape index (κ2) is 9.29. The molecule has 142 valence electrons. The van der Waals surface area contributed by atoms with E-state index >= 15 is 0 Å². The van der Waals surface area contributed by atoms with Crippen molar-refractivity contribution in [2.45, 2.75) is 17.9 Å². The molecule has 0 saturated heterocycles. The molecule has 8 heteroatoms. The van der Waals surface area contributed by atoms with Gasteiger partial charge >= 0.3 is 11.3 Å². The van der Waals surface area contributed by atoms with Crippen molar-refractivity contribution in [3.05, 3.63) is 59.7 Å². The predicted octanol–water partition coefficient (Wildman–Crippen LogP) is 3.02. The smallest absolute Gasteiger partial charge is 0.317 e. The Morgan fingerprint density at radius 1 is 1.11 bits per heavy atom. The number of amides is 3. The van der Waals surface area contributed by atoms with E-state index in [2.05, 4.69) is 17.4 Å². The average molecular weight is 387 g/mol. The van der Waals surface area contributed by atoms with E-state index in [0.29, 0.717) is 36.9 Å². The second-order valence-corrected chi connectivity index (χ2v) is 7.04. The topological polar surface area (TPSA) is 90.9 Å². The molecule has 1 aliphatic rings.